The number of carbonyl (C=O) groups is 2. The van der Waals surface area contributed by atoms with Gasteiger partial charge >= 0.3 is 0 Å². The number of halogens is 2. The molecule has 3 N–H and O–H groups in total. The molecule has 7 rings (SSSR count). The first-order chi connectivity index (χ1) is 22.6. The van der Waals surface area contributed by atoms with E-state index in [4.69, 9.17) is 28.9 Å². The number of piperazine rings is 2. The smallest absolute Gasteiger partial charge is 0.254 e. The molecular formula is C36H43Cl2N7O2. The molecule has 3 aromatic rings. The van der Waals surface area contributed by atoms with Gasteiger partial charge in [0.2, 0.25) is 5.91 Å². The lowest BCUT2D eigenvalue weighted by Gasteiger charge is -2.52. The van der Waals surface area contributed by atoms with Crippen LogP contribution in [0.3, 0.4) is 0 Å². The fraction of sp³-hybridized carbons (Fsp3) is 0.417. The summed E-state index contributed by atoms with van der Waals surface area (Å²) in [5.41, 5.74) is 11.6. The van der Waals surface area contributed by atoms with Gasteiger partial charge in [0, 0.05) is 81.8 Å². The van der Waals surface area contributed by atoms with Crippen LogP contribution in [0.4, 0.5) is 11.4 Å². The van der Waals surface area contributed by atoms with Gasteiger partial charge in [0.05, 0.1) is 16.1 Å². The van der Waals surface area contributed by atoms with Crippen LogP contribution in [0.25, 0.3) is 0 Å². The number of carbonyl (C=O) groups excluding carboxylic acids is 2. The summed E-state index contributed by atoms with van der Waals surface area (Å²) in [4.78, 5) is 40.3. The van der Waals surface area contributed by atoms with E-state index >= 15 is 0 Å². The molecule has 4 aliphatic heterocycles. The fourth-order valence-electron chi connectivity index (χ4n) is 7.38. The predicted molar refractivity (Wildman–Crippen MR) is 191 cm³/mol. The van der Waals surface area contributed by atoms with Gasteiger partial charge in [0.25, 0.3) is 5.91 Å². The molecule has 4 heterocycles. The molecule has 248 valence electrons. The van der Waals surface area contributed by atoms with E-state index in [9.17, 15) is 9.59 Å². The van der Waals surface area contributed by atoms with Gasteiger partial charge in [-0.1, -0.05) is 46.5 Å². The lowest BCUT2D eigenvalue weighted by atomic mass is 9.90. The fourth-order valence-corrected chi connectivity index (χ4v) is 7.69. The van der Waals surface area contributed by atoms with Crippen LogP contribution in [0.2, 0.25) is 10.0 Å². The molecule has 2 bridgehead atoms. The summed E-state index contributed by atoms with van der Waals surface area (Å²) in [6.07, 6.45) is 2.69. The number of aliphatic imine (C=N–C) groups is 1. The van der Waals surface area contributed by atoms with E-state index in [1.165, 1.54) is 5.69 Å². The Hall–Kier alpha value is -3.79. The van der Waals surface area contributed by atoms with Crippen molar-refractivity contribution in [3.63, 3.8) is 0 Å². The second-order valence-corrected chi connectivity index (χ2v) is 13.8. The SMILES string of the molecule is CN=C(N)Nc1ccc(N2CC3CCC2CN3CCC(=O)N2CCN(C(=O)c3cc(C)cc(C)c3)CC2c2ccc(Cl)c(Cl)c2)cc1. The lowest BCUT2D eigenvalue weighted by Crippen LogP contribution is -2.63. The highest BCUT2D eigenvalue weighted by Gasteiger charge is 2.40. The number of amides is 2. The van der Waals surface area contributed by atoms with Gasteiger partial charge in [-0.2, -0.15) is 0 Å². The quantitative estimate of drug-likeness (QED) is 0.245. The van der Waals surface area contributed by atoms with Crippen LogP contribution < -0.4 is 16.0 Å². The predicted octanol–water partition coefficient (Wildman–Crippen LogP) is 5.74. The van der Waals surface area contributed by atoms with E-state index in [2.05, 4.69) is 38.3 Å². The van der Waals surface area contributed by atoms with Gasteiger partial charge in [0.15, 0.2) is 5.96 Å². The third kappa shape index (κ3) is 7.37. The van der Waals surface area contributed by atoms with Crippen molar-refractivity contribution in [2.75, 3.05) is 56.5 Å². The number of guanidine groups is 1. The Morgan fingerprint density at radius 3 is 2.28 bits per heavy atom. The number of nitrogens with two attached hydrogens (primary N) is 1. The highest BCUT2D eigenvalue weighted by Crippen LogP contribution is 2.35. The number of hydrogen-bond donors (Lipinski definition) is 2. The van der Waals surface area contributed by atoms with Crippen LogP contribution >= 0.6 is 23.2 Å². The largest absolute Gasteiger partial charge is 0.370 e. The molecule has 3 aromatic carbocycles. The van der Waals surface area contributed by atoms with Gasteiger partial charge in [-0.25, -0.2) is 0 Å². The van der Waals surface area contributed by atoms with Crippen LogP contribution in [-0.2, 0) is 4.79 Å². The zero-order valence-corrected chi connectivity index (χ0v) is 28.8. The summed E-state index contributed by atoms with van der Waals surface area (Å²) in [5.74, 6) is 0.458. The minimum absolute atomic E-state index is 0.0207. The van der Waals surface area contributed by atoms with Crippen LogP contribution in [0, 0.1) is 13.8 Å². The standard InChI is InChI=1S/C36H43Cl2N7O2/c1-23-16-24(2)18-26(17-23)35(47)43-14-15-44(33(22-43)25-4-11-31(37)32(38)19-25)34(46)12-13-42-20-30-10-9-29(42)21-45(30)28-7-5-27(6-8-28)41-36(39)40-3/h4-8,11,16-19,29-30,33H,9-10,12-15,20-22H2,1-3H3,(H3,39,40,41). The van der Waals surface area contributed by atoms with Gasteiger partial charge in [-0.05, 0) is 80.8 Å². The number of aryl methyl sites for hydroxylation is 2. The Labute approximate surface area is 287 Å². The Morgan fingerprint density at radius 1 is 0.894 bits per heavy atom. The number of nitrogens with one attached hydrogen (secondary N) is 1. The van der Waals surface area contributed by atoms with Gasteiger partial charge in [-0.15, -0.1) is 0 Å². The van der Waals surface area contributed by atoms with Crippen molar-refractivity contribution < 1.29 is 9.59 Å². The topological polar surface area (TPSA) is 97.5 Å². The minimum Gasteiger partial charge on any atom is -0.370 e. The van der Waals surface area contributed by atoms with Crippen molar-refractivity contribution in [1.29, 1.82) is 0 Å². The molecule has 4 aliphatic rings. The highest BCUT2D eigenvalue weighted by molar-refractivity contribution is 6.42. The molecule has 0 spiro atoms. The number of rotatable bonds is 7. The summed E-state index contributed by atoms with van der Waals surface area (Å²) < 4.78 is 0. The van der Waals surface area contributed by atoms with Crippen molar-refractivity contribution in [2.24, 2.45) is 10.7 Å². The zero-order valence-electron chi connectivity index (χ0n) is 27.3. The third-order valence-corrected chi connectivity index (χ3v) is 10.5. The van der Waals surface area contributed by atoms with E-state index in [1.807, 2.05) is 60.0 Å². The van der Waals surface area contributed by atoms with Gasteiger partial charge in [-0.3, -0.25) is 19.5 Å². The molecule has 0 aliphatic carbocycles. The molecule has 0 aromatic heterocycles. The van der Waals surface area contributed by atoms with Crippen molar-refractivity contribution in [3.8, 4) is 0 Å². The maximum atomic E-state index is 13.9. The maximum Gasteiger partial charge on any atom is 0.254 e. The third-order valence-electron chi connectivity index (χ3n) is 9.75. The molecule has 2 amide bonds. The second-order valence-electron chi connectivity index (χ2n) is 13.0. The van der Waals surface area contributed by atoms with Crippen LogP contribution in [-0.4, -0.2) is 90.9 Å². The number of benzene rings is 3. The van der Waals surface area contributed by atoms with Crippen LogP contribution in [0.15, 0.2) is 65.7 Å². The summed E-state index contributed by atoms with van der Waals surface area (Å²) in [5, 5.41) is 3.99. The minimum atomic E-state index is -0.314. The zero-order chi connectivity index (χ0) is 33.2. The Morgan fingerprint density at radius 2 is 1.62 bits per heavy atom. The van der Waals surface area contributed by atoms with Crippen LogP contribution in [0.1, 0.15) is 52.4 Å². The number of fused-ring (bicyclic) bond motifs is 3. The first kappa shape index (κ1) is 33.1. The number of anilines is 2. The Bertz CT molecular complexity index is 1640. The van der Waals surface area contributed by atoms with E-state index < -0.39 is 0 Å². The molecule has 3 atom stereocenters. The van der Waals surface area contributed by atoms with E-state index in [1.54, 1.807) is 13.1 Å². The first-order valence-corrected chi connectivity index (χ1v) is 17.1. The normalized spacial score (nSPS) is 21.7. The van der Waals surface area contributed by atoms with Crippen molar-refractivity contribution in [2.45, 2.75) is 51.2 Å². The van der Waals surface area contributed by atoms with E-state index in [0.717, 1.165) is 48.3 Å². The summed E-state index contributed by atoms with van der Waals surface area (Å²) in [7, 11) is 1.66. The van der Waals surface area contributed by atoms with E-state index in [0.29, 0.717) is 66.3 Å². The monoisotopic (exact) mass is 675 g/mol. The van der Waals surface area contributed by atoms with Gasteiger partial charge < -0.3 is 25.8 Å². The Balaban J connectivity index is 1.11. The average Bonchev–Trinajstić information content (AvgIpc) is 3.08. The molecule has 4 saturated heterocycles. The number of piperidine rings is 2. The van der Waals surface area contributed by atoms with Crippen molar-refractivity contribution >= 4 is 52.4 Å². The average molecular weight is 677 g/mol. The number of hydrogen-bond acceptors (Lipinski definition) is 5. The molecule has 9 nitrogen and oxygen atoms in total. The lowest BCUT2D eigenvalue weighted by molar-refractivity contribution is -0.136. The second kappa shape index (κ2) is 14.1. The molecule has 47 heavy (non-hydrogen) atoms. The molecule has 3 unspecified atom stereocenters. The molecule has 0 saturated carbocycles. The molecule has 11 heteroatoms. The molecular weight excluding hydrogens is 633 g/mol. The number of nitrogens with zero attached hydrogens (tertiary/aromatic N) is 5. The first-order valence-electron chi connectivity index (χ1n) is 16.3. The molecule has 0 radical (unpaired) electrons. The Kier molecular flexibility index (Phi) is 9.96. The van der Waals surface area contributed by atoms with E-state index in [-0.39, 0.29) is 17.9 Å². The van der Waals surface area contributed by atoms with Gasteiger partial charge in [0.1, 0.15) is 0 Å². The maximum absolute atomic E-state index is 13.9. The summed E-state index contributed by atoms with van der Waals surface area (Å²) >= 11 is 12.7. The van der Waals surface area contributed by atoms with Crippen molar-refractivity contribution in [1.82, 2.24) is 14.7 Å². The highest BCUT2D eigenvalue weighted by atomic mass is 35.5. The summed E-state index contributed by atoms with van der Waals surface area (Å²) in [6, 6.07) is 20.2. The van der Waals surface area contributed by atoms with Crippen molar-refractivity contribution in [3.05, 3.63) is 93.0 Å². The summed E-state index contributed by atoms with van der Waals surface area (Å²) in [6.45, 7) is 7.91. The van der Waals surface area contributed by atoms with Crippen LogP contribution in [0.5, 0.6) is 0 Å². The molecule has 4 fully saturated rings.